The first kappa shape index (κ1) is 46.9. The van der Waals surface area contributed by atoms with Crippen LogP contribution in [0, 0.1) is 5.41 Å². The van der Waals surface area contributed by atoms with Crippen molar-refractivity contribution in [3.63, 3.8) is 0 Å². The van der Waals surface area contributed by atoms with E-state index in [1.54, 1.807) is 0 Å². The van der Waals surface area contributed by atoms with Crippen LogP contribution in [0.15, 0.2) is 12.7 Å². The molecule has 24 nitrogen and oxygen atoms in total. The minimum atomic E-state index is -5.58. The van der Waals surface area contributed by atoms with E-state index in [1.807, 2.05) is 6.92 Å². The van der Waals surface area contributed by atoms with Gasteiger partial charge in [0, 0.05) is 37.1 Å². The number of carbonyl (C=O) groups is 3. The van der Waals surface area contributed by atoms with E-state index in [9.17, 15) is 57.9 Å². The maximum absolute atomic E-state index is 12.7. The van der Waals surface area contributed by atoms with Crippen LogP contribution in [0.1, 0.15) is 53.4 Å². The van der Waals surface area contributed by atoms with Crippen LogP contribution >= 0.6 is 35.2 Å². The Kier molecular flexibility index (Phi) is 16.5. The summed E-state index contributed by atoms with van der Waals surface area (Å²) in [4.78, 5) is 87.5. The summed E-state index contributed by atoms with van der Waals surface area (Å²) in [5, 5.41) is 26.6. The maximum atomic E-state index is 12.7. The second-order valence-electron chi connectivity index (χ2n) is 13.0. The fraction of sp³-hybridized carbons (Fsp3) is 0.704. The quantitative estimate of drug-likeness (QED) is 0.0557. The number of nitrogens with two attached hydrogens (primary N) is 1. The first-order valence-electron chi connectivity index (χ1n) is 16.5. The zero-order chi connectivity index (χ0) is 41.4. The van der Waals surface area contributed by atoms with Crippen molar-refractivity contribution < 1.29 is 80.5 Å². The fourth-order valence-corrected chi connectivity index (χ4v) is 8.54. The Morgan fingerprint density at radius 1 is 1.07 bits per heavy atom. The molecule has 0 radical (unpaired) electrons. The van der Waals surface area contributed by atoms with Crippen molar-refractivity contribution in [3.8, 4) is 0 Å². The lowest BCUT2D eigenvalue weighted by atomic mass is 9.87. The third kappa shape index (κ3) is 13.6. The van der Waals surface area contributed by atoms with Gasteiger partial charge in [-0.25, -0.2) is 28.6 Å². The molecule has 3 heterocycles. The SMILES string of the molecule is CCCCC(=O)SCCNC(=O)CCNC(=O)C(O)C(C)(C)COP(=O)(O)OP(=O)(O)OCC1OC(C)(n2cnc3c(N)ncnc32)C(O)C1OP(=O)(O)O. The highest BCUT2D eigenvalue weighted by atomic mass is 32.2. The zero-order valence-corrected chi connectivity index (χ0v) is 33.6. The smallest absolute Gasteiger partial charge is 0.385 e. The van der Waals surface area contributed by atoms with Crippen molar-refractivity contribution >= 4 is 69.1 Å². The highest BCUT2D eigenvalue weighted by Crippen LogP contribution is 2.61. The van der Waals surface area contributed by atoms with Crippen LogP contribution in [-0.4, -0.2) is 123 Å². The summed E-state index contributed by atoms with van der Waals surface area (Å²) in [6, 6.07) is 0. The number of carbonyl (C=O) groups excluding carboxylic acids is 3. The molecule has 7 unspecified atom stereocenters. The van der Waals surface area contributed by atoms with E-state index in [0.29, 0.717) is 12.2 Å². The highest BCUT2D eigenvalue weighted by molar-refractivity contribution is 8.13. The number of thioether (sulfide) groups is 1. The molecule has 0 aromatic carbocycles. The maximum Gasteiger partial charge on any atom is 0.481 e. The number of hydrogen-bond acceptors (Lipinski definition) is 18. The molecule has 0 saturated carbocycles. The van der Waals surface area contributed by atoms with Crippen LogP contribution < -0.4 is 16.4 Å². The number of phosphoric ester groups is 3. The fourth-order valence-electron chi connectivity index (χ4n) is 5.00. The van der Waals surface area contributed by atoms with Gasteiger partial charge in [0.15, 0.2) is 22.3 Å². The standard InChI is InChI=1S/C27H46N7O17P3S/c1-5-6-7-18(36)55-11-10-29-17(35)8-9-30-25(39)22(38)26(2,3)13-48-54(45,46)51-53(43,44)47-12-16-20(50-52(40,41)42)21(37)27(4,49-16)34-15-33-19-23(28)31-14-32-24(19)34/h14-16,20-22,37-38H,5-13H2,1-4H3,(H,29,35)(H,30,39)(H,43,44)(H,45,46)(H2,28,31,32)(H2,40,41,42). The Balaban J connectivity index is 1.53. The summed E-state index contributed by atoms with van der Waals surface area (Å²) in [7, 11) is -16.4. The molecule has 312 valence electrons. The Morgan fingerprint density at radius 3 is 2.40 bits per heavy atom. The molecule has 0 bridgehead atoms. The van der Waals surface area contributed by atoms with Gasteiger partial charge in [0.1, 0.15) is 36.3 Å². The van der Waals surface area contributed by atoms with E-state index in [-0.39, 0.29) is 41.6 Å². The van der Waals surface area contributed by atoms with E-state index in [0.717, 1.165) is 41.8 Å². The molecule has 1 saturated heterocycles. The molecule has 2 amide bonds. The van der Waals surface area contributed by atoms with Crippen LogP contribution in [0.2, 0.25) is 0 Å². The van der Waals surface area contributed by atoms with Crippen LogP contribution in [-0.2, 0) is 56.4 Å². The molecule has 1 aliphatic rings. The lowest BCUT2D eigenvalue weighted by Crippen LogP contribution is -2.46. The second-order valence-corrected chi connectivity index (χ2v) is 18.3. The summed E-state index contributed by atoms with van der Waals surface area (Å²) >= 11 is 1.11. The van der Waals surface area contributed by atoms with E-state index in [2.05, 4.69) is 29.9 Å². The topological polar surface area (TPSA) is 364 Å². The van der Waals surface area contributed by atoms with Gasteiger partial charge in [-0.15, -0.1) is 0 Å². The van der Waals surface area contributed by atoms with Crippen molar-refractivity contribution in [2.24, 2.45) is 5.41 Å². The normalized spacial score (nSPS) is 23.2. The molecule has 0 spiro atoms. The molecule has 3 rings (SSSR count). The van der Waals surface area contributed by atoms with Gasteiger partial charge >= 0.3 is 23.5 Å². The molecule has 2 aromatic heterocycles. The Bertz CT molecular complexity index is 1820. The number of hydrogen-bond donors (Lipinski definition) is 9. The number of aromatic nitrogens is 4. The number of nitrogen functional groups attached to an aromatic ring is 1. The molecule has 0 aliphatic carbocycles. The van der Waals surface area contributed by atoms with E-state index in [4.69, 9.17) is 24.0 Å². The van der Waals surface area contributed by atoms with Gasteiger partial charge in [-0.2, -0.15) is 4.31 Å². The van der Waals surface area contributed by atoms with Gasteiger partial charge in [0.05, 0.1) is 19.5 Å². The van der Waals surface area contributed by atoms with E-state index < -0.39 is 84.1 Å². The number of fused-ring (bicyclic) bond motifs is 1. The third-order valence-corrected chi connectivity index (χ3v) is 12.0. The first-order chi connectivity index (χ1) is 25.4. The van der Waals surface area contributed by atoms with Crippen LogP contribution in [0.25, 0.3) is 11.2 Å². The van der Waals surface area contributed by atoms with Gasteiger partial charge in [-0.3, -0.25) is 32.5 Å². The highest BCUT2D eigenvalue weighted by Gasteiger charge is 2.57. The van der Waals surface area contributed by atoms with Crippen LogP contribution in [0.5, 0.6) is 0 Å². The number of rotatable bonds is 22. The largest absolute Gasteiger partial charge is 0.481 e. The lowest BCUT2D eigenvalue weighted by molar-refractivity contribution is -0.137. The molecule has 1 fully saturated rings. The lowest BCUT2D eigenvalue weighted by Gasteiger charge is -2.30. The monoisotopic (exact) mass is 865 g/mol. The van der Waals surface area contributed by atoms with Gasteiger partial charge in [-0.1, -0.05) is 39.0 Å². The summed E-state index contributed by atoms with van der Waals surface area (Å²) in [5.74, 6) is -1.06. The Labute approximate surface area is 318 Å². The number of aliphatic hydroxyl groups excluding tert-OH is 2. The second kappa shape index (κ2) is 19.3. The van der Waals surface area contributed by atoms with Gasteiger partial charge in [0.2, 0.25) is 11.8 Å². The number of imidazole rings is 1. The molecule has 10 N–H and O–H groups in total. The van der Waals surface area contributed by atoms with E-state index >= 15 is 0 Å². The zero-order valence-electron chi connectivity index (χ0n) is 30.1. The van der Waals surface area contributed by atoms with Gasteiger partial charge in [-0.05, 0) is 13.3 Å². The van der Waals surface area contributed by atoms with Crippen molar-refractivity contribution in [1.82, 2.24) is 30.2 Å². The third-order valence-electron chi connectivity index (χ3n) is 7.99. The predicted octanol–water partition coefficient (Wildman–Crippen LogP) is 0.0290. The number of unbranched alkanes of at least 4 members (excludes halogenated alkanes) is 1. The molecular formula is C27H46N7O17P3S. The molecule has 2 aromatic rings. The number of ether oxygens (including phenoxy) is 1. The average molecular weight is 866 g/mol. The van der Waals surface area contributed by atoms with Crippen LogP contribution in [0.4, 0.5) is 5.82 Å². The minimum Gasteiger partial charge on any atom is -0.385 e. The summed E-state index contributed by atoms with van der Waals surface area (Å²) in [6.45, 7) is 3.74. The predicted molar refractivity (Wildman–Crippen MR) is 191 cm³/mol. The van der Waals surface area contributed by atoms with Crippen molar-refractivity contribution in [2.45, 2.75) is 83.5 Å². The van der Waals surface area contributed by atoms with Gasteiger partial charge in [0.25, 0.3) is 0 Å². The number of nitrogens with one attached hydrogen (secondary N) is 2. The number of anilines is 1. The first-order valence-corrected chi connectivity index (χ1v) is 22.0. The molecular weight excluding hydrogens is 819 g/mol. The van der Waals surface area contributed by atoms with Crippen molar-refractivity contribution in [2.75, 3.05) is 37.8 Å². The summed E-state index contributed by atoms with van der Waals surface area (Å²) in [6.07, 6.45) is -3.33. The summed E-state index contributed by atoms with van der Waals surface area (Å²) < 4.78 is 62.6. The van der Waals surface area contributed by atoms with Crippen molar-refractivity contribution in [1.29, 1.82) is 0 Å². The van der Waals surface area contributed by atoms with Crippen LogP contribution in [0.3, 0.4) is 0 Å². The molecule has 1 aliphatic heterocycles. The molecule has 55 heavy (non-hydrogen) atoms. The number of amides is 2. The Hall–Kier alpha value is -2.44. The molecule has 7 atom stereocenters. The number of nitrogens with zero attached hydrogens (tertiary/aromatic N) is 4. The number of aliphatic hydroxyl groups is 2. The van der Waals surface area contributed by atoms with Gasteiger partial charge < -0.3 is 50.9 Å². The number of phosphoric acid groups is 3. The minimum absolute atomic E-state index is 0.0203. The van der Waals surface area contributed by atoms with Crippen molar-refractivity contribution in [3.05, 3.63) is 12.7 Å². The molecule has 28 heteroatoms. The summed E-state index contributed by atoms with van der Waals surface area (Å²) in [5.41, 5.74) is 2.31. The average Bonchev–Trinajstić information content (AvgIpc) is 3.63. The van der Waals surface area contributed by atoms with E-state index in [1.165, 1.54) is 20.8 Å². The Morgan fingerprint density at radius 2 is 1.75 bits per heavy atom.